The Hall–Kier alpha value is -2.21. The van der Waals surface area contributed by atoms with Crippen LogP contribution in [-0.2, 0) is 4.79 Å². The summed E-state index contributed by atoms with van der Waals surface area (Å²) in [5, 5.41) is 9.11. The van der Waals surface area contributed by atoms with Crippen molar-refractivity contribution in [2.24, 2.45) is 0 Å². The third kappa shape index (κ3) is 2.29. The maximum atomic E-state index is 12.6. The molecule has 2 aliphatic rings. The monoisotopic (exact) mass is 302 g/mol. The molecule has 1 heterocycles. The summed E-state index contributed by atoms with van der Waals surface area (Å²) in [4.78, 5) is 40.0. The SMILES string of the molecule is CC(C(=O)N(CCO)C1CC1)N1C(=O)c2ccccc2C1=O. The van der Waals surface area contributed by atoms with Gasteiger partial charge in [0.1, 0.15) is 6.04 Å². The fraction of sp³-hybridized carbons (Fsp3) is 0.438. The fourth-order valence-corrected chi connectivity index (χ4v) is 2.88. The van der Waals surface area contributed by atoms with Gasteiger partial charge in [0.15, 0.2) is 0 Å². The minimum absolute atomic E-state index is 0.122. The lowest BCUT2D eigenvalue weighted by Gasteiger charge is -2.29. The quantitative estimate of drug-likeness (QED) is 0.810. The number of benzene rings is 1. The van der Waals surface area contributed by atoms with Gasteiger partial charge in [-0.05, 0) is 31.9 Å². The minimum atomic E-state index is -0.862. The number of nitrogens with zero attached hydrogens (tertiary/aromatic N) is 2. The third-order valence-electron chi connectivity index (χ3n) is 4.18. The molecule has 0 saturated heterocycles. The van der Waals surface area contributed by atoms with Gasteiger partial charge in [0, 0.05) is 12.6 Å². The first-order chi connectivity index (χ1) is 10.6. The first kappa shape index (κ1) is 14.7. The summed E-state index contributed by atoms with van der Waals surface area (Å²) in [7, 11) is 0. The van der Waals surface area contributed by atoms with Gasteiger partial charge in [0.25, 0.3) is 11.8 Å². The van der Waals surface area contributed by atoms with Crippen molar-refractivity contribution < 1.29 is 19.5 Å². The van der Waals surface area contributed by atoms with E-state index < -0.39 is 17.9 Å². The van der Waals surface area contributed by atoms with E-state index in [-0.39, 0.29) is 25.1 Å². The molecule has 3 rings (SSSR count). The Morgan fingerprint density at radius 2 is 1.82 bits per heavy atom. The Bertz CT molecular complexity index is 604. The zero-order chi connectivity index (χ0) is 15.9. The van der Waals surface area contributed by atoms with E-state index in [0.29, 0.717) is 11.1 Å². The molecule has 1 aromatic rings. The number of aliphatic hydroxyl groups is 1. The summed E-state index contributed by atoms with van der Waals surface area (Å²) in [5.74, 6) is -1.14. The van der Waals surface area contributed by atoms with Crippen LogP contribution in [0, 0.1) is 0 Å². The second-order valence-electron chi connectivity index (χ2n) is 5.69. The van der Waals surface area contributed by atoms with Gasteiger partial charge in [0.2, 0.25) is 5.91 Å². The van der Waals surface area contributed by atoms with Gasteiger partial charge in [-0.1, -0.05) is 12.1 Å². The van der Waals surface area contributed by atoms with E-state index in [0.717, 1.165) is 17.7 Å². The number of hydrogen-bond acceptors (Lipinski definition) is 4. The summed E-state index contributed by atoms with van der Waals surface area (Å²) in [5.41, 5.74) is 0.680. The number of carbonyl (C=O) groups is 3. The van der Waals surface area contributed by atoms with Gasteiger partial charge in [-0.3, -0.25) is 19.3 Å². The van der Waals surface area contributed by atoms with Gasteiger partial charge >= 0.3 is 0 Å². The van der Waals surface area contributed by atoms with Gasteiger partial charge in [-0.25, -0.2) is 0 Å². The highest BCUT2D eigenvalue weighted by Crippen LogP contribution is 2.29. The van der Waals surface area contributed by atoms with Crippen molar-refractivity contribution in [2.45, 2.75) is 31.8 Å². The summed E-state index contributed by atoms with van der Waals surface area (Å²) in [6.07, 6.45) is 1.81. The van der Waals surface area contributed by atoms with Crippen molar-refractivity contribution in [1.29, 1.82) is 0 Å². The number of hydrogen-bond donors (Lipinski definition) is 1. The van der Waals surface area contributed by atoms with Gasteiger partial charge in [-0.2, -0.15) is 0 Å². The summed E-state index contributed by atoms with van der Waals surface area (Å²) < 4.78 is 0. The Kier molecular flexibility index (Phi) is 3.70. The van der Waals surface area contributed by atoms with Crippen LogP contribution in [0.25, 0.3) is 0 Å². The summed E-state index contributed by atoms with van der Waals surface area (Å²) in [6, 6.07) is 5.85. The minimum Gasteiger partial charge on any atom is -0.395 e. The molecule has 0 radical (unpaired) electrons. The zero-order valence-corrected chi connectivity index (χ0v) is 12.4. The average molecular weight is 302 g/mol. The Balaban J connectivity index is 1.83. The molecule has 6 nitrogen and oxygen atoms in total. The van der Waals surface area contributed by atoms with Crippen LogP contribution in [0.3, 0.4) is 0 Å². The molecular formula is C16H18N2O4. The molecule has 1 saturated carbocycles. The number of carbonyl (C=O) groups excluding carboxylic acids is 3. The maximum absolute atomic E-state index is 12.6. The number of imide groups is 1. The van der Waals surface area contributed by atoms with Crippen molar-refractivity contribution in [3.8, 4) is 0 Å². The fourth-order valence-electron chi connectivity index (χ4n) is 2.88. The van der Waals surface area contributed by atoms with Gasteiger partial charge in [0.05, 0.1) is 17.7 Å². The van der Waals surface area contributed by atoms with Crippen LogP contribution >= 0.6 is 0 Å². The van der Waals surface area contributed by atoms with Crippen molar-refractivity contribution in [2.75, 3.05) is 13.2 Å². The van der Waals surface area contributed by atoms with Crippen LogP contribution in [0.2, 0.25) is 0 Å². The average Bonchev–Trinajstić information content (AvgIpc) is 3.32. The van der Waals surface area contributed by atoms with Crippen LogP contribution in [0.4, 0.5) is 0 Å². The number of fused-ring (bicyclic) bond motifs is 1. The van der Waals surface area contributed by atoms with E-state index >= 15 is 0 Å². The standard InChI is InChI=1S/C16H18N2O4/c1-10(14(20)17(8-9-19)11-6-7-11)18-15(21)12-4-2-3-5-13(12)16(18)22/h2-5,10-11,19H,6-9H2,1H3. The molecule has 1 aliphatic carbocycles. The van der Waals surface area contributed by atoms with E-state index in [1.165, 1.54) is 0 Å². The number of rotatable bonds is 5. The van der Waals surface area contributed by atoms with E-state index in [2.05, 4.69) is 0 Å². The van der Waals surface area contributed by atoms with Crippen molar-refractivity contribution in [3.05, 3.63) is 35.4 Å². The Morgan fingerprint density at radius 1 is 1.27 bits per heavy atom. The molecule has 3 amide bonds. The predicted molar refractivity (Wildman–Crippen MR) is 78.2 cm³/mol. The number of aliphatic hydroxyl groups excluding tert-OH is 1. The lowest BCUT2D eigenvalue weighted by molar-refractivity contribution is -0.136. The molecule has 6 heteroatoms. The van der Waals surface area contributed by atoms with Gasteiger partial charge < -0.3 is 10.0 Å². The maximum Gasteiger partial charge on any atom is 0.262 e. The van der Waals surface area contributed by atoms with Crippen LogP contribution in [0.15, 0.2) is 24.3 Å². The highest BCUT2D eigenvalue weighted by Gasteiger charge is 2.43. The predicted octanol–water partition coefficient (Wildman–Crippen LogP) is 0.654. The van der Waals surface area contributed by atoms with E-state index in [9.17, 15) is 14.4 Å². The van der Waals surface area contributed by atoms with Crippen LogP contribution in [0.1, 0.15) is 40.5 Å². The van der Waals surface area contributed by atoms with Crippen LogP contribution in [-0.4, -0.2) is 57.9 Å². The highest BCUT2D eigenvalue weighted by atomic mass is 16.3. The van der Waals surface area contributed by atoms with Crippen LogP contribution < -0.4 is 0 Å². The molecule has 1 fully saturated rings. The molecule has 22 heavy (non-hydrogen) atoms. The Labute approximate surface area is 128 Å². The molecule has 1 atom stereocenters. The van der Waals surface area contributed by atoms with E-state index in [4.69, 9.17) is 5.11 Å². The van der Waals surface area contributed by atoms with Crippen molar-refractivity contribution in [3.63, 3.8) is 0 Å². The first-order valence-electron chi connectivity index (χ1n) is 7.44. The lowest BCUT2D eigenvalue weighted by atomic mass is 10.1. The van der Waals surface area contributed by atoms with Crippen molar-refractivity contribution >= 4 is 17.7 Å². The Morgan fingerprint density at radius 3 is 2.27 bits per heavy atom. The molecule has 1 unspecified atom stereocenters. The summed E-state index contributed by atoms with van der Waals surface area (Å²) in [6.45, 7) is 1.67. The number of amides is 3. The second-order valence-corrected chi connectivity index (χ2v) is 5.69. The first-order valence-corrected chi connectivity index (χ1v) is 7.44. The van der Waals surface area contributed by atoms with E-state index in [1.54, 1.807) is 36.1 Å². The van der Waals surface area contributed by atoms with Crippen molar-refractivity contribution in [1.82, 2.24) is 9.80 Å². The molecule has 1 aromatic carbocycles. The third-order valence-corrected chi connectivity index (χ3v) is 4.18. The normalized spacial score (nSPS) is 18.4. The van der Waals surface area contributed by atoms with E-state index in [1.807, 2.05) is 0 Å². The molecule has 0 bridgehead atoms. The van der Waals surface area contributed by atoms with Crippen LogP contribution in [0.5, 0.6) is 0 Å². The largest absolute Gasteiger partial charge is 0.395 e. The molecular weight excluding hydrogens is 284 g/mol. The zero-order valence-electron chi connectivity index (χ0n) is 12.4. The molecule has 1 N–H and O–H groups in total. The smallest absolute Gasteiger partial charge is 0.262 e. The molecule has 116 valence electrons. The molecule has 0 aromatic heterocycles. The summed E-state index contributed by atoms with van der Waals surface area (Å²) >= 11 is 0. The van der Waals surface area contributed by atoms with Gasteiger partial charge in [-0.15, -0.1) is 0 Å². The highest BCUT2D eigenvalue weighted by molar-refractivity contribution is 6.22. The topological polar surface area (TPSA) is 77.9 Å². The lowest BCUT2D eigenvalue weighted by Crippen LogP contribution is -2.50. The second kappa shape index (κ2) is 5.53. The molecule has 1 aliphatic heterocycles. The molecule has 0 spiro atoms.